The van der Waals surface area contributed by atoms with Crippen molar-refractivity contribution < 1.29 is 30.7 Å². The minimum absolute atomic E-state index is 0.320. The molecule has 0 radical (unpaired) electrons. The summed E-state index contributed by atoms with van der Waals surface area (Å²) in [7, 11) is 0. The quantitative estimate of drug-likeness (QED) is 0.253. The maximum Gasteiger partial charge on any atom is 0.416 e. The number of nitrogens with one attached hydrogen (secondary N) is 1. The van der Waals surface area contributed by atoms with Gasteiger partial charge in [0, 0.05) is 25.4 Å². The fraction of sp³-hybridized carbons (Fsp3) is 0.188. The molecule has 2 rings (SSSR count). The molecule has 2 aromatic rings. The lowest BCUT2D eigenvalue weighted by molar-refractivity contribution is -0.138. The predicted octanol–water partition coefficient (Wildman–Crippen LogP) is 4.85. The highest BCUT2D eigenvalue weighted by Gasteiger charge is 2.33. The van der Waals surface area contributed by atoms with Crippen molar-refractivity contribution in [2.24, 2.45) is 0 Å². The van der Waals surface area contributed by atoms with Crippen LogP contribution in [0.1, 0.15) is 16.7 Å². The Hall–Kier alpha value is -2.07. The second-order valence-corrected chi connectivity index (χ2v) is 5.13. The zero-order valence-corrected chi connectivity index (χ0v) is 13.9. The normalized spacial score (nSPS) is 10.9. The Morgan fingerprint density at radius 1 is 1.08 bits per heavy atom. The van der Waals surface area contributed by atoms with Gasteiger partial charge in [-0.2, -0.15) is 13.2 Å². The van der Waals surface area contributed by atoms with Gasteiger partial charge < -0.3 is 0 Å². The van der Waals surface area contributed by atoms with Crippen LogP contribution in [-0.4, -0.2) is 11.5 Å². The molecular weight excluding hydrogens is 385 g/mol. The number of rotatable bonds is 4. The third-order valence-electron chi connectivity index (χ3n) is 3.00. The van der Waals surface area contributed by atoms with Crippen molar-refractivity contribution in [2.75, 3.05) is 6.54 Å². The fourth-order valence-electron chi connectivity index (χ4n) is 1.86. The molecule has 0 saturated carbocycles. The smallest absolute Gasteiger partial charge is 0.264 e. The van der Waals surface area contributed by atoms with Crippen LogP contribution in [-0.2, 0) is 12.6 Å². The molecule has 0 amide bonds. The van der Waals surface area contributed by atoms with Crippen LogP contribution in [0.15, 0.2) is 37.2 Å². The van der Waals surface area contributed by atoms with E-state index in [1.54, 1.807) is 6.08 Å². The molecule has 10 heteroatoms. The number of hydrogen-bond donors (Lipinski definition) is 2. The van der Waals surface area contributed by atoms with E-state index in [2.05, 4.69) is 29.1 Å². The molecule has 1 aromatic carbocycles. The largest absolute Gasteiger partial charge is 0.416 e. The minimum Gasteiger partial charge on any atom is -0.264 e. The standard InChI is InChI=1S/C13H6F7N.C3H7NS/c14-9-4-6(10(15)12(17)11(9)16)3-7-5-21-2-1-8(7)13(18,19)20;1-2-3-4-5/h1-2,4-5H,3H2;2,4-5H,1,3H2. The zero-order valence-electron chi connectivity index (χ0n) is 13.0. The van der Waals surface area contributed by atoms with Gasteiger partial charge in [0.1, 0.15) is 0 Å². The Bertz CT molecular complexity index is 763. The average molecular weight is 398 g/mol. The van der Waals surface area contributed by atoms with Gasteiger partial charge in [0.15, 0.2) is 23.3 Å². The first-order chi connectivity index (χ1) is 12.1. The first kappa shape index (κ1) is 22.0. The summed E-state index contributed by atoms with van der Waals surface area (Å²) in [5, 5.41) is 0. The van der Waals surface area contributed by atoms with Gasteiger partial charge in [-0.25, -0.2) is 17.6 Å². The highest BCUT2D eigenvalue weighted by atomic mass is 32.1. The Labute approximate surface area is 150 Å². The van der Waals surface area contributed by atoms with Crippen molar-refractivity contribution in [3.05, 3.63) is 77.1 Å². The Morgan fingerprint density at radius 2 is 1.73 bits per heavy atom. The highest BCUT2D eigenvalue weighted by Crippen LogP contribution is 2.33. The molecule has 26 heavy (non-hydrogen) atoms. The molecule has 1 N–H and O–H groups in total. The SMILES string of the molecule is C=CCNS.Fc1cc(Cc2cnccc2C(F)(F)F)c(F)c(F)c1F. The molecule has 0 fully saturated rings. The summed E-state index contributed by atoms with van der Waals surface area (Å²) in [4.78, 5) is 3.46. The molecule has 0 saturated heterocycles. The van der Waals surface area contributed by atoms with Gasteiger partial charge in [0.25, 0.3) is 0 Å². The number of nitrogens with zero attached hydrogens (tertiary/aromatic N) is 1. The van der Waals surface area contributed by atoms with Crippen LogP contribution in [0.5, 0.6) is 0 Å². The van der Waals surface area contributed by atoms with E-state index in [1.807, 2.05) is 0 Å². The summed E-state index contributed by atoms with van der Waals surface area (Å²) in [5.74, 6) is -7.49. The van der Waals surface area contributed by atoms with Crippen LogP contribution < -0.4 is 4.72 Å². The lowest BCUT2D eigenvalue weighted by Gasteiger charge is -2.12. The number of alkyl halides is 3. The van der Waals surface area contributed by atoms with Crippen molar-refractivity contribution in [3.8, 4) is 0 Å². The topological polar surface area (TPSA) is 24.9 Å². The third kappa shape index (κ3) is 5.73. The van der Waals surface area contributed by atoms with Crippen molar-refractivity contribution in [2.45, 2.75) is 12.6 Å². The molecule has 0 aliphatic carbocycles. The monoisotopic (exact) mass is 398 g/mol. The van der Waals surface area contributed by atoms with Gasteiger partial charge in [-0.1, -0.05) is 18.9 Å². The first-order valence-electron chi connectivity index (χ1n) is 6.93. The second kappa shape index (κ2) is 9.58. The van der Waals surface area contributed by atoms with E-state index in [-0.39, 0.29) is 0 Å². The van der Waals surface area contributed by atoms with Crippen molar-refractivity contribution in [1.29, 1.82) is 0 Å². The average Bonchev–Trinajstić information content (AvgIpc) is 2.58. The molecular formula is C16H13F7N2S. The van der Waals surface area contributed by atoms with Gasteiger partial charge in [-0.15, -0.1) is 6.58 Å². The molecule has 0 bridgehead atoms. The van der Waals surface area contributed by atoms with Crippen LogP contribution >= 0.6 is 12.8 Å². The Balaban J connectivity index is 0.000000597. The van der Waals surface area contributed by atoms with E-state index >= 15 is 0 Å². The molecule has 0 unspecified atom stereocenters. The van der Waals surface area contributed by atoms with E-state index in [0.717, 1.165) is 18.9 Å². The Kier molecular flexibility index (Phi) is 8.09. The minimum atomic E-state index is -4.73. The van der Waals surface area contributed by atoms with Gasteiger partial charge in [-0.05, 0) is 23.3 Å². The third-order valence-corrected chi connectivity index (χ3v) is 3.19. The van der Waals surface area contributed by atoms with Gasteiger partial charge in [-0.3, -0.25) is 9.71 Å². The number of pyridine rings is 1. The van der Waals surface area contributed by atoms with E-state index in [9.17, 15) is 30.7 Å². The van der Waals surface area contributed by atoms with Crippen LogP contribution in [0.25, 0.3) is 0 Å². The maximum atomic E-state index is 13.5. The number of benzene rings is 1. The van der Waals surface area contributed by atoms with Crippen molar-refractivity contribution in [1.82, 2.24) is 9.71 Å². The van der Waals surface area contributed by atoms with E-state index < -0.39 is 52.6 Å². The molecule has 0 aliphatic rings. The summed E-state index contributed by atoms with van der Waals surface area (Å²) in [6, 6.07) is 0.977. The summed E-state index contributed by atoms with van der Waals surface area (Å²) in [5.41, 5.74) is -2.32. The van der Waals surface area contributed by atoms with Crippen LogP contribution in [0.3, 0.4) is 0 Å². The van der Waals surface area contributed by atoms with Crippen molar-refractivity contribution in [3.63, 3.8) is 0 Å². The number of hydrogen-bond acceptors (Lipinski definition) is 3. The molecule has 1 aromatic heterocycles. The number of thiol groups is 1. The van der Waals surface area contributed by atoms with E-state index in [0.29, 0.717) is 12.1 Å². The molecule has 0 atom stereocenters. The number of aromatic nitrogens is 1. The lowest BCUT2D eigenvalue weighted by Crippen LogP contribution is -2.11. The van der Waals surface area contributed by atoms with Gasteiger partial charge >= 0.3 is 6.18 Å². The molecule has 1 heterocycles. The maximum absolute atomic E-state index is 13.5. The summed E-state index contributed by atoms with van der Waals surface area (Å²) in [6.07, 6.45) is -2.07. The zero-order chi connectivity index (χ0) is 19.9. The first-order valence-corrected chi connectivity index (χ1v) is 7.38. The van der Waals surface area contributed by atoms with Crippen LogP contribution in [0.4, 0.5) is 30.7 Å². The molecule has 0 spiro atoms. The molecule has 2 nitrogen and oxygen atoms in total. The van der Waals surface area contributed by atoms with Crippen LogP contribution in [0.2, 0.25) is 0 Å². The van der Waals surface area contributed by atoms with E-state index in [4.69, 9.17) is 0 Å². The summed E-state index contributed by atoms with van der Waals surface area (Å²) in [6.45, 7) is 4.21. The van der Waals surface area contributed by atoms with Gasteiger partial charge in [0.05, 0.1) is 5.56 Å². The summed E-state index contributed by atoms with van der Waals surface area (Å²) < 4.78 is 93.2. The van der Waals surface area contributed by atoms with Crippen LogP contribution in [0, 0.1) is 23.3 Å². The Morgan fingerprint density at radius 3 is 2.23 bits per heavy atom. The predicted molar refractivity (Wildman–Crippen MR) is 85.5 cm³/mol. The fourth-order valence-corrected chi connectivity index (χ4v) is 1.99. The summed E-state index contributed by atoms with van der Waals surface area (Å²) >= 11 is 3.68. The lowest BCUT2D eigenvalue weighted by atomic mass is 10.0. The second-order valence-electron chi connectivity index (χ2n) is 4.82. The highest BCUT2D eigenvalue weighted by molar-refractivity contribution is 7.78. The van der Waals surface area contributed by atoms with Crippen molar-refractivity contribution >= 4 is 12.8 Å². The molecule has 142 valence electrons. The number of halogens is 7. The van der Waals surface area contributed by atoms with E-state index in [1.165, 1.54) is 0 Å². The molecule has 0 aliphatic heterocycles. The van der Waals surface area contributed by atoms with Gasteiger partial charge in [0.2, 0.25) is 0 Å².